The Balaban J connectivity index is 1.87. The van der Waals surface area contributed by atoms with E-state index in [4.69, 9.17) is 11.6 Å². The number of likely N-dealkylation sites (tertiary alicyclic amines) is 1. The van der Waals surface area contributed by atoms with Crippen LogP contribution in [0.15, 0.2) is 18.2 Å². The van der Waals surface area contributed by atoms with Crippen LogP contribution in [-0.4, -0.2) is 46.4 Å². The molecule has 8 heteroatoms. The number of fused-ring (bicyclic) bond motifs is 4. The van der Waals surface area contributed by atoms with Gasteiger partial charge in [0.15, 0.2) is 0 Å². The maximum absolute atomic E-state index is 13.2. The van der Waals surface area contributed by atoms with Crippen molar-refractivity contribution in [3.63, 3.8) is 0 Å². The van der Waals surface area contributed by atoms with Crippen molar-refractivity contribution >= 4 is 35.0 Å². The molecular weight excluding hydrogens is 370 g/mol. The molecule has 3 amide bonds. The molecule has 3 aliphatic heterocycles. The summed E-state index contributed by atoms with van der Waals surface area (Å²) >= 11 is 6.25. The molecule has 0 radical (unpaired) electrons. The van der Waals surface area contributed by atoms with Crippen molar-refractivity contribution in [3.05, 3.63) is 28.8 Å². The first-order valence-electron chi connectivity index (χ1n) is 9.26. The van der Waals surface area contributed by atoms with Crippen molar-refractivity contribution in [2.24, 2.45) is 11.8 Å². The van der Waals surface area contributed by atoms with Gasteiger partial charge >= 0.3 is 0 Å². The van der Waals surface area contributed by atoms with E-state index >= 15 is 0 Å². The number of halogens is 1. The van der Waals surface area contributed by atoms with Crippen molar-refractivity contribution in [2.75, 3.05) is 11.9 Å². The zero-order chi connectivity index (χ0) is 19.5. The number of imide groups is 1. The normalized spacial score (nSPS) is 32.8. The zero-order valence-corrected chi connectivity index (χ0v) is 15.9. The number of hydrogen-bond acceptors (Lipinski definition) is 5. The van der Waals surface area contributed by atoms with Gasteiger partial charge in [-0.05, 0) is 19.4 Å². The lowest BCUT2D eigenvalue weighted by Crippen LogP contribution is -2.54. The molecule has 3 heterocycles. The van der Waals surface area contributed by atoms with Crippen molar-refractivity contribution in [2.45, 2.75) is 44.4 Å². The fourth-order valence-corrected chi connectivity index (χ4v) is 4.96. The van der Waals surface area contributed by atoms with E-state index in [1.54, 1.807) is 25.1 Å². The van der Waals surface area contributed by atoms with Crippen molar-refractivity contribution < 1.29 is 19.5 Å². The Labute approximate surface area is 162 Å². The lowest BCUT2D eigenvalue weighted by Gasteiger charge is -2.30. The molecule has 0 aliphatic carbocycles. The van der Waals surface area contributed by atoms with Crippen LogP contribution in [0.2, 0.25) is 5.02 Å². The first-order chi connectivity index (χ1) is 12.8. The number of nitrogens with one attached hydrogen (secondary N) is 2. The van der Waals surface area contributed by atoms with Gasteiger partial charge < -0.3 is 10.4 Å². The van der Waals surface area contributed by atoms with E-state index in [1.807, 2.05) is 6.92 Å². The third-order valence-corrected chi connectivity index (χ3v) is 6.30. The Bertz CT molecular complexity index is 842. The van der Waals surface area contributed by atoms with Crippen molar-refractivity contribution in [1.82, 2.24) is 10.2 Å². The van der Waals surface area contributed by atoms with Crippen LogP contribution in [0, 0.1) is 11.8 Å². The molecule has 5 atom stereocenters. The van der Waals surface area contributed by atoms with Gasteiger partial charge in [-0.3, -0.25) is 24.6 Å². The minimum Gasteiger partial charge on any atom is -0.392 e. The van der Waals surface area contributed by atoms with Crippen molar-refractivity contribution in [1.29, 1.82) is 0 Å². The molecule has 3 aliphatic rings. The molecule has 0 unspecified atom stereocenters. The Morgan fingerprint density at radius 1 is 1.30 bits per heavy atom. The number of benzene rings is 1. The standard InChI is InChI=1S/C19H22ClN3O4/c1-3-4-8-23-16(25)12-13(17(23)26)19(22-14(12)9(2)24)10-6-5-7-11(20)15(10)21-18(19)27/h5-7,9,12-14,22,24H,3-4,8H2,1-2H3,(H,21,27)/t9-,12+,13-,14-,19-/m1/s1. The highest BCUT2D eigenvalue weighted by molar-refractivity contribution is 6.35. The molecule has 1 aromatic carbocycles. The number of para-hydroxylation sites is 1. The SMILES string of the molecule is CCCCN1C(=O)[C@@H]2[C@@H]([C@@H](C)O)N[C@@]3(C(=O)Nc4c(Cl)cccc43)[C@H]2C1=O. The maximum atomic E-state index is 13.2. The number of amides is 3. The number of nitrogens with zero attached hydrogens (tertiary/aromatic N) is 1. The van der Waals surface area contributed by atoms with Gasteiger partial charge in [-0.1, -0.05) is 37.1 Å². The van der Waals surface area contributed by atoms with Gasteiger partial charge in [-0.2, -0.15) is 0 Å². The predicted octanol–water partition coefficient (Wildman–Crippen LogP) is 1.24. The lowest BCUT2D eigenvalue weighted by atomic mass is 9.76. The summed E-state index contributed by atoms with van der Waals surface area (Å²) in [5.41, 5.74) is -0.397. The highest BCUT2D eigenvalue weighted by Crippen LogP contribution is 2.54. The number of anilines is 1. The monoisotopic (exact) mass is 391 g/mol. The predicted molar refractivity (Wildman–Crippen MR) is 99.0 cm³/mol. The Morgan fingerprint density at radius 3 is 2.70 bits per heavy atom. The van der Waals surface area contributed by atoms with Crippen LogP contribution in [0.5, 0.6) is 0 Å². The van der Waals surface area contributed by atoms with Gasteiger partial charge in [0.1, 0.15) is 5.54 Å². The maximum Gasteiger partial charge on any atom is 0.250 e. The number of aliphatic hydroxyl groups is 1. The molecule has 144 valence electrons. The van der Waals surface area contributed by atoms with Crippen LogP contribution in [0.1, 0.15) is 32.3 Å². The summed E-state index contributed by atoms with van der Waals surface area (Å²) in [4.78, 5) is 40.6. The second-order valence-electron chi connectivity index (χ2n) is 7.52. The third kappa shape index (κ3) is 2.31. The van der Waals surface area contributed by atoms with Gasteiger partial charge in [-0.15, -0.1) is 0 Å². The molecule has 27 heavy (non-hydrogen) atoms. The van der Waals surface area contributed by atoms with Crippen LogP contribution in [0.4, 0.5) is 5.69 Å². The number of unbranched alkanes of at least 4 members (excludes halogenated alkanes) is 1. The van der Waals surface area contributed by atoms with E-state index in [9.17, 15) is 19.5 Å². The summed E-state index contributed by atoms with van der Waals surface area (Å²) in [5, 5.41) is 16.6. The van der Waals surface area contributed by atoms with E-state index in [-0.39, 0.29) is 11.8 Å². The van der Waals surface area contributed by atoms with Gasteiger partial charge in [-0.25, -0.2) is 0 Å². The first-order valence-corrected chi connectivity index (χ1v) is 9.63. The minimum absolute atomic E-state index is 0.322. The summed E-state index contributed by atoms with van der Waals surface area (Å²) in [6.07, 6.45) is 0.635. The smallest absolute Gasteiger partial charge is 0.250 e. The molecular formula is C19H22ClN3O4. The largest absolute Gasteiger partial charge is 0.392 e. The van der Waals surface area contributed by atoms with E-state index in [1.165, 1.54) is 4.90 Å². The highest BCUT2D eigenvalue weighted by Gasteiger charge is 2.71. The summed E-state index contributed by atoms with van der Waals surface area (Å²) in [7, 11) is 0. The quantitative estimate of drug-likeness (QED) is 0.671. The van der Waals surface area contributed by atoms with E-state index < -0.39 is 35.4 Å². The van der Waals surface area contributed by atoms with E-state index in [2.05, 4.69) is 10.6 Å². The Hall–Kier alpha value is -1.96. The molecule has 2 saturated heterocycles. The second kappa shape index (κ2) is 6.29. The molecule has 2 fully saturated rings. The van der Waals surface area contributed by atoms with Gasteiger partial charge in [0.2, 0.25) is 17.7 Å². The number of carbonyl (C=O) groups is 3. The summed E-state index contributed by atoms with van der Waals surface area (Å²) in [5.74, 6) is -2.79. The molecule has 1 spiro atoms. The average Bonchev–Trinajstić information content (AvgIpc) is 3.21. The fraction of sp³-hybridized carbons (Fsp3) is 0.526. The van der Waals surface area contributed by atoms with E-state index in [0.29, 0.717) is 29.2 Å². The van der Waals surface area contributed by atoms with Crippen LogP contribution in [-0.2, 0) is 19.9 Å². The van der Waals surface area contributed by atoms with E-state index in [0.717, 1.165) is 6.42 Å². The number of hydrogen-bond donors (Lipinski definition) is 3. The number of rotatable bonds is 4. The average molecular weight is 392 g/mol. The molecule has 0 aromatic heterocycles. The third-order valence-electron chi connectivity index (χ3n) is 5.98. The lowest BCUT2D eigenvalue weighted by molar-refractivity contribution is -0.143. The van der Waals surface area contributed by atoms with Crippen LogP contribution in [0.3, 0.4) is 0 Å². The topological polar surface area (TPSA) is 98.7 Å². The molecule has 1 aromatic rings. The van der Waals surface area contributed by atoms with Crippen LogP contribution in [0.25, 0.3) is 0 Å². The van der Waals surface area contributed by atoms with Gasteiger partial charge in [0.05, 0.1) is 28.6 Å². The Morgan fingerprint density at radius 2 is 2.04 bits per heavy atom. The molecule has 7 nitrogen and oxygen atoms in total. The summed E-state index contributed by atoms with van der Waals surface area (Å²) < 4.78 is 0. The summed E-state index contributed by atoms with van der Waals surface area (Å²) in [6, 6.07) is 4.41. The first kappa shape index (κ1) is 18.4. The van der Waals surface area contributed by atoms with Crippen LogP contribution >= 0.6 is 11.6 Å². The molecule has 0 saturated carbocycles. The van der Waals surface area contributed by atoms with Gasteiger partial charge in [0, 0.05) is 18.2 Å². The number of aliphatic hydroxyl groups excluding tert-OH is 1. The highest BCUT2D eigenvalue weighted by atomic mass is 35.5. The molecule has 3 N–H and O–H groups in total. The zero-order valence-electron chi connectivity index (χ0n) is 15.2. The molecule has 0 bridgehead atoms. The minimum atomic E-state index is -1.40. The Kier molecular flexibility index (Phi) is 4.29. The molecule has 4 rings (SSSR count). The van der Waals surface area contributed by atoms with Gasteiger partial charge in [0.25, 0.3) is 0 Å². The van der Waals surface area contributed by atoms with Crippen molar-refractivity contribution in [3.8, 4) is 0 Å². The van der Waals surface area contributed by atoms with Crippen LogP contribution < -0.4 is 10.6 Å². The second-order valence-corrected chi connectivity index (χ2v) is 7.93. The number of carbonyl (C=O) groups excluding carboxylic acids is 3. The fourth-order valence-electron chi connectivity index (χ4n) is 4.73. The summed E-state index contributed by atoms with van der Waals surface area (Å²) in [6.45, 7) is 3.87.